The normalized spacial score (nSPS) is 15.0. The fourth-order valence-corrected chi connectivity index (χ4v) is 4.70. The molecule has 4 nitrogen and oxygen atoms in total. The van der Waals surface area contributed by atoms with E-state index in [1.165, 1.54) is 27.3 Å². The molecule has 3 aromatic rings. The molecule has 0 bridgehead atoms. The molecule has 0 spiro atoms. The average Bonchev–Trinajstić information content (AvgIpc) is 3.08. The van der Waals surface area contributed by atoms with Gasteiger partial charge in [0.1, 0.15) is 17.9 Å². The molecule has 0 saturated heterocycles. The van der Waals surface area contributed by atoms with Crippen LogP contribution in [0.15, 0.2) is 35.1 Å². The highest BCUT2D eigenvalue weighted by Crippen LogP contribution is 2.34. The van der Waals surface area contributed by atoms with Gasteiger partial charge in [0.2, 0.25) is 0 Å². The van der Waals surface area contributed by atoms with E-state index in [-0.39, 0.29) is 5.56 Å². The van der Waals surface area contributed by atoms with Crippen molar-refractivity contribution in [1.82, 2.24) is 9.97 Å². The summed E-state index contributed by atoms with van der Waals surface area (Å²) in [6.07, 6.45) is 3.30. The van der Waals surface area contributed by atoms with Crippen molar-refractivity contribution in [3.05, 3.63) is 62.5 Å². The van der Waals surface area contributed by atoms with Gasteiger partial charge in [0.25, 0.3) is 5.56 Å². The highest BCUT2D eigenvalue weighted by molar-refractivity contribution is 7.18. The van der Waals surface area contributed by atoms with Gasteiger partial charge in [-0.1, -0.05) is 30.3 Å². The molecule has 2 aromatic heterocycles. The molecule has 0 amide bonds. The number of H-pyrrole nitrogens is 1. The lowest BCUT2D eigenvalue weighted by atomic mass is 10.2. The second-order valence-corrected chi connectivity index (χ2v) is 7.43. The van der Waals surface area contributed by atoms with Crippen LogP contribution in [0.5, 0.6) is 0 Å². The van der Waals surface area contributed by atoms with Crippen LogP contribution in [0.3, 0.4) is 0 Å². The van der Waals surface area contributed by atoms with E-state index in [0.29, 0.717) is 0 Å². The summed E-state index contributed by atoms with van der Waals surface area (Å²) in [6, 6.07) is 10.4. The maximum absolute atomic E-state index is 12.5. The molecule has 5 heteroatoms. The average molecular weight is 326 g/mol. The minimum absolute atomic E-state index is 0.0388. The third-order valence-corrected chi connectivity index (χ3v) is 5.63. The molecule has 2 N–H and O–H groups in total. The number of aromatic amines is 1. The third-order valence-electron chi connectivity index (χ3n) is 4.44. The predicted octanol–water partition coefficient (Wildman–Crippen LogP) is 1.69. The van der Waals surface area contributed by atoms with Crippen molar-refractivity contribution in [1.29, 1.82) is 0 Å². The summed E-state index contributed by atoms with van der Waals surface area (Å²) in [5, 5.41) is 0.840. The summed E-state index contributed by atoms with van der Waals surface area (Å²) in [6.45, 7) is 1.65. The molecular formula is C18H20N3OS+. The number of aryl methyl sites for hydroxylation is 2. The van der Waals surface area contributed by atoms with Gasteiger partial charge in [0.05, 0.1) is 12.4 Å². The first-order chi connectivity index (χ1) is 11.2. The fourth-order valence-electron chi connectivity index (χ4n) is 3.42. The molecule has 1 aliphatic rings. The zero-order valence-electron chi connectivity index (χ0n) is 13.2. The molecule has 1 unspecified atom stereocenters. The Morgan fingerprint density at radius 3 is 2.87 bits per heavy atom. The topological polar surface area (TPSA) is 50.2 Å². The van der Waals surface area contributed by atoms with Gasteiger partial charge in [-0.15, -0.1) is 11.3 Å². The zero-order valence-corrected chi connectivity index (χ0v) is 14.0. The Kier molecular flexibility index (Phi) is 3.75. The molecule has 1 aliphatic carbocycles. The van der Waals surface area contributed by atoms with Crippen molar-refractivity contribution < 1.29 is 4.90 Å². The predicted molar refractivity (Wildman–Crippen MR) is 93.0 cm³/mol. The van der Waals surface area contributed by atoms with Crippen LogP contribution in [-0.2, 0) is 25.9 Å². The van der Waals surface area contributed by atoms with E-state index >= 15 is 0 Å². The summed E-state index contributed by atoms with van der Waals surface area (Å²) in [5.41, 5.74) is 2.58. The number of rotatable bonds is 4. The number of thiophene rings is 1. The van der Waals surface area contributed by atoms with Crippen LogP contribution in [0.2, 0.25) is 0 Å². The van der Waals surface area contributed by atoms with Crippen LogP contribution in [-0.4, -0.2) is 17.0 Å². The van der Waals surface area contributed by atoms with Crippen molar-refractivity contribution in [2.75, 3.05) is 7.05 Å². The number of hydrogen-bond acceptors (Lipinski definition) is 3. The number of nitrogens with one attached hydrogen (secondary N) is 2. The van der Waals surface area contributed by atoms with Gasteiger partial charge in [-0.25, -0.2) is 4.98 Å². The SMILES string of the molecule is C[NH+](Cc1ccccc1)Cc1nc2sc3c(c2c(=O)[nH]1)CCC3. The molecule has 2 heterocycles. The van der Waals surface area contributed by atoms with E-state index in [0.717, 1.165) is 42.0 Å². The van der Waals surface area contributed by atoms with Crippen LogP contribution in [0.25, 0.3) is 10.2 Å². The minimum Gasteiger partial charge on any atom is -0.327 e. The van der Waals surface area contributed by atoms with Crippen LogP contribution >= 0.6 is 11.3 Å². The lowest BCUT2D eigenvalue weighted by Gasteiger charge is -2.13. The van der Waals surface area contributed by atoms with Crippen LogP contribution in [0.4, 0.5) is 0 Å². The number of benzene rings is 1. The molecule has 1 atom stereocenters. The fraction of sp³-hybridized carbons (Fsp3) is 0.333. The maximum Gasteiger partial charge on any atom is 0.260 e. The summed E-state index contributed by atoms with van der Waals surface area (Å²) in [4.78, 5) is 23.8. The molecule has 1 aromatic carbocycles. The molecule has 23 heavy (non-hydrogen) atoms. The van der Waals surface area contributed by atoms with E-state index in [9.17, 15) is 4.79 Å². The van der Waals surface area contributed by atoms with Gasteiger partial charge < -0.3 is 9.88 Å². The number of hydrogen-bond donors (Lipinski definition) is 2. The van der Waals surface area contributed by atoms with Gasteiger partial charge in [0.15, 0.2) is 5.82 Å². The van der Waals surface area contributed by atoms with Crippen molar-refractivity contribution in [2.24, 2.45) is 0 Å². The van der Waals surface area contributed by atoms with E-state index < -0.39 is 0 Å². The van der Waals surface area contributed by atoms with Crippen LogP contribution in [0, 0.1) is 0 Å². The van der Waals surface area contributed by atoms with Gasteiger partial charge in [-0.05, 0) is 24.8 Å². The lowest BCUT2D eigenvalue weighted by Crippen LogP contribution is -3.06. The van der Waals surface area contributed by atoms with E-state index in [2.05, 4.69) is 36.3 Å². The van der Waals surface area contributed by atoms with Gasteiger partial charge in [0, 0.05) is 10.4 Å². The van der Waals surface area contributed by atoms with Crippen molar-refractivity contribution >= 4 is 21.6 Å². The molecule has 0 radical (unpaired) electrons. The summed E-state index contributed by atoms with van der Waals surface area (Å²) >= 11 is 1.71. The Hall–Kier alpha value is -1.98. The molecule has 0 fully saturated rings. The molecular weight excluding hydrogens is 306 g/mol. The van der Waals surface area contributed by atoms with Gasteiger partial charge >= 0.3 is 0 Å². The second-order valence-electron chi connectivity index (χ2n) is 6.35. The Balaban J connectivity index is 1.59. The standard InChI is InChI=1S/C18H19N3OS/c1-21(10-12-6-3-2-4-7-12)11-15-19-17(22)16-13-8-5-9-14(13)23-18(16)20-15/h2-4,6-7H,5,8-11H2,1H3,(H,19,20,22)/p+1. The summed E-state index contributed by atoms with van der Waals surface area (Å²) in [5.74, 6) is 0.788. The Bertz CT molecular complexity index is 898. The lowest BCUT2D eigenvalue weighted by molar-refractivity contribution is -0.908. The van der Waals surface area contributed by atoms with Crippen LogP contribution < -0.4 is 10.5 Å². The third kappa shape index (κ3) is 2.82. The summed E-state index contributed by atoms with van der Waals surface area (Å²) in [7, 11) is 2.13. The second kappa shape index (κ2) is 5.91. The first-order valence-electron chi connectivity index (χ1n) is 8.09. The van der Waals surface area contributed by atoms with Crippen molar-refractivity contribution in [3.63, 3.8) is 0 Å². The van der Waals surface area contributed by atoms with Crippen LogP contribution in [0.1, 0.15) is 28.2 Å². The van der Waals surface area contributed by atoms with E-state index in [4.69, 9.17) is 4.98 Å². The van der Waals surface area contributed by atoms with Crippen molar-refractivity contribution in [3.8, 4) is 0 Å². The zero-order chi connectivity index (χ0) is 15.8. The van der Waals surface area contributed by atoms with E-state index in [1.807, 2.05) is 6.07 Å². The number of fused-ring (bicyclic) bond motifs is 3. The highest BCUT2D eigenvalue weighted by atomic mass is 32.1. The summed E-state index contributed by atoms with van der Waals surface area (Å²) < 4.78 is 0. The van der Waals surface area contributed by atoms with E-state index in [1.54, 1.807) is 11.3 Å². The van der Waals surface area contributed by atoms with Crippen molar-refractivity contribution in [2.45, 2.75) is 32.4 Å². The monoisotopic (exact) mass is 326 g/mol. The quantitative estimate of drug-likeness (QED) is 0.766. The smallest absolute Gasteiger partial charge is 0.260 e. The first kappa shape index (κ1) is 14.6. The Morgan fingerprint density at radius 1 is 1.22 bits per heavy atom. The first-order valence-corrected chi connectivity index (χ1v) is 8.91. The number of nitrogens with zero attached hydrogens (tertiary/aromatic N) is 1. The number of aromatic nitrogens is 2. The Morgan fingerprint density at radius 2 is 2.04 bits per heavy atom. The molecule has 0 saturated carbocycles. The maximum atomic E-state index is 12.5. The molecule has 4 rings (SSSR count). The van der Waals surface area contributed by atoms with Gasteiger partial charge in [-0.3, -0.25) is 4.79 Å². The largest absolute Gasteiger partial charge is 0.327 e. The number of quaternary nitrogens is 1. The minimum atomic E-state index is 0.0388. The molecule has 118 valence electrons. The highest BCUT2D eigenvalue weighted by Gasteiger charge is 2.21. The van der Waals surface area contributed by atoms with Gasteiger partial charge in [-0.2, -0.15) is 0 Å². The molecule has 0 aliphatic heterocycles. The Labute approximate surface area is 138 Å².